The highest BCUT2D eigenvalue weighted by Gasteiger charge is 2.17. The highest BCUT2D eigenvalue weighted by molar-refractivity contribution is 7.09. The Morgan fingerprint density at radius 1 is 1.29 bits per heavy atom. The lowest BCUT2D eigenvalue weighted by Gasteiger charge is -2.17. The second kappa shape index (κ2) is 7.79. The number of benzene rings is 1. The largest absolute Gasteiger partial charge is 0.338 e. The number of hydrogen-bond donors (Lipinski definition) is 2. The van der Waals surface area contributed by atoms with Crippen molar-refractivity contribution >= 4 is 17.4 Å². The molecule has 4 nitrogen and oxygen atoms in total. The zero-order valence-electron chi connectivity index (χ0n) is 15.1. The summed E-state index contributed by atoms with van der Waals surface area (Å²) in [5.74, 6) is 0. The molecule has 0 aliphatic heterocycles. The number of nitrogens with one attached hydrogen (secondary N) is 2. The number of thiazole rings is 1. The van der Waals surface area contributed by atoms with Crippen molar-refractivity contribution in [2.75, 3.05) is 6.54 Å². The maximum absolute atomic E-state index is 12.1. The monoisotopic (exact) mass is 345 g/mol. The SMILES string of the molecule is Cc1ccccc1C(C)NC(=O)NCCc1nc(C(C)(C)C)cs1. The molecule has 1 atom stereocenters. The van der Waals surface area contributed by atoms with E-state index >= 15 is 0 Å². The van der Waals surface area contributed by atoms with E-state index in [0.717, 1.165) is 22.7 Å². The summed E-state index contributed by atoms with van der Waals surface area (Å²) < 4.78 is 0. The van der Waals surface area contributed by atoms with Gasteiger partial charge in [0.2, 0.25) is 0 Å². The van der Waals surface area contributed by atoms with Crippen molar-refractivity contribution < 1.29 is 4.79 Å². The van der Waals surface area contributed by atoms with Crippen molar-refractivity contribution in [3.63, 3.8) is 0 Å². The first-order valence-corrected chi connectivity index (χ1v) is 9.20. The van der Waals surface area contributed by atoms with Gasteiger partial charge >= 0.3 is 6.03 Å². The van der Waals surface area contributed by atoms with E-state index in [2.05, 4.69) is 54.8 Å². The Balaban J connectivity index is 1.79. The van der Waals surface area contributed by atoms with Crippen LogP contribution in [0.25, 0.3) is 0 Å². The average molecular weight is 346 g/mol. The summed E-state index contributed by atoms with van der Waals surface area (Å²) in [5.41, 5.74) is 3.51. The lowest BCUT2D eigenvalue weighted by molar-refractivity contribution is 0.238. The summed E-state index contributed by atoms with van der Waals surface area (Å²) in [6.45, 7) is 11.1. The fraction of sp³-hybridized carbons (Fsp3) is 0.474. The Bertz CT molecular complexity index is 688. The first-order chi connectivity index (χ1) is 11.3. The third kappa shape index (κ3) is 5.06. The topological polar surface area (TPSA) is 54.0 Å². The number of aryl methyl sites for hydroxylation is 1. The van der Waals surface area contributed by atoms with Gasteiger partial charge in [0.15, 0.2) is 0 Å². The molecule has 0 aliphatic rings. The number of rotatable bonds is 5. The van der Waals surface area contributed by atoms with Crippen LogP contribution < -0.4 is 10.6 Å². The molecule has 1 aromatic heterocycles. The van der Waals surface area contributed by atoms with E-state index in [1.165, 1.54) is 5.56 Å². The molecule has 130 valence electrons. The Labute approximate surface area is 148 Å². The molecule has 2 aromatic rings. The molecule has 24 heavy (non-hydrogen) atoms. The van der Waals surface area contributed by atoms with Gasteiger partial charge in [0.1, 0.15) is 0 Å². The smallest absolute Gasteiger partial charge is 0.315 e. The highest BCUT2D eigenvalue weighted by Crippen LogP contribution is 2.23. The number of carbonyl (C=O) groups excluding carboxylic acids is 1. The van der Waals surface area contributed by atoms with Gasteiger partial charge in [-0.2, -0.15) is 0 Å². The minimum Gasteiger partial charge on any atom is -0.338 e. The predicted octanol–water partition coefficient (Wildman–Crippen LogP) is 4.35. The van der Waals surface area contributed by atoms with Crippen molar-refractivity contribution in [1.82, 2.24) is 15.6 Å². The molecule has 0 bridgehead atoms. The zero-order valence-corrected chi connectivity index (χ0v) is 16.0. The van der Waals surface area contributed by atoms with Crippen LogP contribution in [0.15, 0.2) is 29.6 Å². The van der Waals surface area contributed by atoms with Gasteiger partial charge in [-0.05, 0) is 25.0 Å². The van der Waals surface area contributed by atoms with Gasteiger partial charge in [-0.3, -0.25) is 0 Å². The fourth-order valence-electron chi connectivity index (χ4n) is 2.45. The minimum absolute atomic E-state index is 0.0152. The molecule has 2 rings (SSSR count). The molecule has 2 N–H and O–H groups in total. The molecule has 0 radical (unpaired) electrons. The van der Waals surface area contributed by atoms with Gasteiger partial charge in [-0.15, -0.1) is 11.3 Å². The third-order valence-electron chi connectivity index (χ3n) is 3.95. The molecular formula is C19H27N3OS. The molecule has 0 spiro atoms. The van der Waals surface area contributed by atoms with Crippen molar-refractivity contribution in [3.05, 3.63) is 51.5 Å². The quantitative estimate of drug-likeness (QED) is 0.846. The van der Waals surface area contributed by atoms with Gasteiger partial charge < -0.3 is 10.6 Å². The molecule has 0 fully saturated rings. The first kappa shape index (κ1) is 18.5. The number of amides is 2. The van der Waals surface area contributed by atoms with Gasteiger partial charge in [0, 0.05) is 23.8 Å². The maximum Gasteiger partial charge on any atom is 0.315 e. The van der Waals surface area contributed by atoms with Crippen LogP contribution in [0.1, 0.15) is 55.6 Å². The van der Waals surface area contributed by atoms with E-state index in [1.54, 1.807) is 11.3 Å². The predicted molar refractivity (Wildman–Crippen MR) is 101 cm³/mol. The summed E-state index contributed by atoms with van der Waals surface area (Å²) in [5, 5.41) is 9.07. The highest BCUT2D eigenvalue weighted by atomic mass is 32.1. The number of carbonyl (C=O) groups is 1. The number of nitrogens with zero attached hydrogens (tertiary/aromatic N) is 1. The van der Waals surface area contributed by atoms with Crippen molar-refractivity contribution in [1.29, 1.82) is 0 Å². The molecular weight excluding hydrogens is 318 g/mol. The van der Waals surface area contributed by atoms with Crippen LogP contribution in [0, 0.1) is 6.92 Å². The van der Waals surface area contributed by atoms with Crippen LogP contribution in [0.3, 0.4) is 0 Å². The average Bonchev–Trinajstić information content (AvgIpc) is 2.96. The van der Waals surface area contributed by atoms with E-state index in [-0.39, 0.29) is 17.5 Å². The number of hydrogen-bond acceptors (Lipinski definition) is 3. The van der Waals surface area contributed by atoms with Gasteiger partial charge in [-0.25, -0.2) is 9.78 Å². The van der Waals surface area contributed by atoms with Crippen LogP contribution in [-0.2, 0) is 11.8 Å². The molecule has 1 unspecified atom stereocenters. The third-order valence-corrected chi connectivity index (χ3v) is 4.86. The molecule has 1 heterocycles. The van der Waals surface area contributed by atoms with Crippen LogP contribution >= 0.6 is 11.3 Å². The Morgan fingerprint density at radius 3 is 2.62 bits per heavy atom. The van der Waals surface area contributed by atoms with Gasteiger partial charge in [0.05, 0.1) is 16.7 Å². The standard InChI is InChI=1S/C19H27N3OS/c1-13-8-6-7-9-15(13)14(2)21-18(23)20-11-10-17-22-16(12-24-17)19(3,4)5/h6-9,12,14H,10-11H2,1-5H3,(H2,20,21,23). The summed E-state index contributed by atoms with van der Waals surface area (Å²) in [4.78, 5) is 16.7. The second-order valence-corrected chi connectivity index (χ2v) is 8.05. The Hall–Kier alpha value is -1.88. The minimum atomic E-state index is -0.140. The van der Waals surface area contributed by atoms with Crippen LogP contribution in [-0.4, -0.2) is 17.6 Å². The molecule has 0 aliphatic carbocycles. The molecule has 2 amide bonds. The molecule has 0 saturated heterocycles. The molecule has 0 saturated carbocycles. The van der Waals surface area contributed by atoms with E-state index in [9.17, 15) is 4.79 Å². The van der Waals surface area contributed by atoms with E-state index in [4.69, 9.17) is 0 Å². The van der Waals surface area contributed by atoms with Crippen molar-refractivity contribution in [2.24, 2.45) is 0 Å². The second-order valence-electron chi connectivity index (χ2n) is 7.10. The van der Waals surface area contributed by atoms with Crippen LogP contribution in [0.5, 0.6) is 0 Å². The van der Waals surface area contributed by atoms with Crippen LogP contribution in [0.2, 0.25) is 0 Å². The summed E-state index contributed by atoms with van der Waals surface area (Å²) in [7, 11) is 0. The van der Waals surface area contributed by atoms with E-state index < -0.39 is 0 Å². The lowest BCUT2D eigenvalue weighted by atomic mass is 9.93. The van der Waals surface area contributed by atoms with E-state index in [0.29, 0.717) is 6.54 Å². The number of aromatic nitrogens is 1. The number of urea groups is 1. The lowest BCUT2D eigenvalue weighted by Crippen LogP contribution is -2.38. The Morgan fingerprint density at radius 2 is 2.00 bits per heavy atom. The maximum atomic E-state index is 12.1. The zero-order chi connectivity index (χ0) is 17.7. The van der Waals surface area contributed by atoms with E-state index in [1.807, 2.05) is 25.1 Å². The Kier molecular flexibility index (Phi) is 5.99. The summed E-state index contributed by atoms with van der Waals surface area (Å²) in [6, 6.07) is 7.95. The summed E-state index contributed by atoms with van der Waals surface area (Å²) >= 11 is 1.66. The first-order valence-electron chi connectivity index (χ1n) is 8.32. The van der Waals surface area contributed by atoms with Crippen LogP contribution in [0.4, 0.5) is 4.79 Å². The van der Waals surface area contributed by atoms with Crippen molar-refractivity contribution in [2.45, 2.75) is 52.5 Å². The normalized spacial score (nSPS) is 12.7. The van der Waals surface area contributed by atoms with Crippen molar-refractivity contribution in [3.8, 4) is 0 Å². The molecule has 1 aromatic carbocycles. The van der Waals surface area contributed by atoms with Gasteiger partial charge in [-0.1, -0.05) is 45.0 Å². The molecule has 5 heteroatoms. The fourth-order valence-corrected chi connectivity index (χ4v) is 3.48. The summed E-state index contributed by atoms with van der Waals surface area (Å²) in [6.07, 6.45) is 0.757. The van der Waals surface area contributed by atoms with Gasteiger partial charge in [0.25, 0.3) is 0 Å².